The average Bonchev–Trinajstić information content (AvgIpc) is 3.09. The molecule has 1 fully saturated rings. The fourth-order valence-corrected chi connectivity index (χ4v) is 2.02. The number of benzene rings is 1. The standard InChI is InChI=1S/C13H17BrN2O/c1-9-11(14)3-2-4-12(9)16-13(17)8-15-7-10-5-6-10/h2-4,10,15H,5-8H2,1H3,(H,16,17). The Balaban J connectivity index is 1.82. The van der Waals surface area contributed by atoms with E-state index in [1.165, 1.54) is 12.8 Å². The summed E-state index contributed by atoms with van der Waals surface area (Å²) in [5.74, 6) is 0.822. The van der Waals surface area contributed by atoms with Crippen molar-refractivity contribution in [3.8, 4) is 0 Å². The predicted octanol–water partition coefficient (Wildman–Crippen LogP) is 2.70. The lowest BCUT2D eigenvalue weighted by Crippen LogP contribution is -2.29. The van der Waals surface area contributed by atoms with Gasteiger partial charge in [-0.3, -0.25) is 4.79 Å². The first-order valence-corrected chi connectivity index (χ1v) is 6.72. The monoisotopic (exact) mass is 296 g/mol. The molecular formula is C13H17BrN2O. The zero-order chi connectivity index (χ0) is 12.3. The highest BCUT2D eigenvalue weighted by atomic mass is 79.9. The predicted molar refractivity (Wildman–Crippen MR) is 73.1 cm³/mol. The summed E-state index contributed by atoms with van der Waals surface area (Å²) < 4.78 is 1.02. The highest BCUT2D eigenvalue weighted by molar-refractivity contribution is 9.10. The molecule has 1 aromatic carbocycles. The Morgan fingerprint density at radius 1 is 1.47 bits per heavy atom. The Bertz CT molecular complexity index is 416. The molecule has 92 valence electrons. The van der Waals surface area contributed by atoms with Crippen LogP contribution in [0.3, 0.4) is 0 Å². The van der Waals surface area contributed by atoms with Crippen LogP contribution in [0.4, 0.5) is 5.69 Å². The van der Waals surface area contributed by atoms with E-state index in [1.54, 1.807) is 0 Å². The van der Waals surface area contributed by atoms with Gasteiger partial charge in [-0.25, -0.2) is 0 Å². The summed E-state index contributed by atoms with van der Waals surface area (Å²) in [7, 11) is 0. The van der Waals surface area contributed by atoms with Crippen molar-refractivity contribution in [2.24, 2.45) is 5.92 Å². The van der Waals surface area contributed by atoms with Crippen LogP contribution in [-0.2, 0) is 4.79 Å². The maximum atomic E-state index is 11.7. The lowest BCUT2D eigenvalue weighted by Gasteiger charge is -2.10. The molecule has 1 aliphatic carbocycles. The number of carbonyl (C=O) groups excluding carboxylic acids is 1. The van der Waals surface area contributed by atoms with Gasteiger partial charge in [0, 0.05) is 10.2 Å². The molecule has 1 aliphatic rings. The number of hydrogen-bond donors (Lipinski definition) is 2. The number of carbonyl (C=O) groups is 1. The fraction of sp³-hybridized carbons (Fsp3) is 0.462. The lowest BCUT2D eigenvalue weighted by atomic mass is 10.2. The van der Waals surface area contributed by atoms with Gasteiger partial charge >= 0.3 is 0 Å². The second kappa shape index (κ2) is 5.65. The van der Waals surface area contributed by atoms with Crippen molar-refractivity contribution in [3.63, 3.8) is 0 Å². The summed E-state index contributed by atoms with van der Waals surface area (Å²) in [5.41, 5.74) is 1.93. The molecule has 0 unspecified atom stereocenters. The molecule has 0 saturated heterocycles. The third-order valence-electron chi connectivity index (χ3n) is 2.96. The first-order chi connectivity index (χ1) is 8.16. The molecule has 0 atom stereocenters. The number of rotatable bonds is 5. The van der Waals surface area contributed by atoms with Gasteiger partial charge in [-0.2, -0.15) is 0 Å². The van der Waals surface area contributed by atoms with E-state index in [0.717, 1.165) is 28.2 Å². The topological polar surface area (TPSA) is 41.1 Å². The number of anilines is 1. The van der Waals surface area contributed by atoms with Gasteiger partial charge in [-0.15, -0.1) is 0 Å². The number of amides is 1. The fourth-order valence-electron chi connectivity index (χ4n) is 1.65. The quantitative estimate of drug-likeness (QED) is 0.877. The highest BCUT2D eigenvalue weighted by Gasteiger charge is 2.20. The Labute approximate surface area is 110 Å². The Hall–Kier alpha value is -0.870. The number of hydrogen-bond acceptors (Lipinski definition) is 2. The number of nitrogens with one attached hydrogen (secondary N) is 2. The van der Waals surface area contributed by atoms with Crippen LogP contribution >= 0.6 is 15.9 Å². The maximum Gasteiger partial charge on any atom is 0.238 e. The zero-order valence-electron chi connectivity index (χ0n) is 9.92. The van der Waals surface area contributed by atoms with Crippen LogP contribution in [0.15, 0.2) is 22.7 Å². The summed E-state index contributed by atoms with van der Waals surface area (Å²) in [6, 6.07) is 5.81. The van der Waals surface area contributed by atoms with Crippen molar-refractivity contribution >= 4 is 27.5 Å². The van der Waals surface area contributed by atoms with Gasteiger partial charge in [-0.1, -0.05) is 22.0 Å². The summed E-state index contributed by atoms with van der Waals surface area (Å²) >= 11 is 3.45. The molecule has 17 heavy (non-hydrogen) atoms. The van der Waals surface area contributed by atoms with E-state index in [1.807, 2.05) is 25.1 Å². The molecule has 0 bridgehead atoms. The molecule has 0 radical (unpaired) electrons. The van der Waals surface area contributed by atoms with Gasteiger partial charge in [0.15, 0.2) is 0 Å². The van der Waals surface area contributed by atoms with Crippen LogP contribution in [0, 0.1) is 12.8 Å². The van der Waals surface area contributed by atoms with Crippen LogP contribution in [0.1, 0.15) is 18.4 Å². The van der Waals surface area contributed by atoms with Crippen LogP contribution in [-0.4, -0.2) is 19.0 Å². The smallest absolute Gasteiger partial charge is 0.238 e. The second-order valence-corrected chi connectivity index (χ2v) is 5.39. The molecule has 0 aromatic heterocycles. The first-order valence-electron chi connectivity index (χ1n) is 5.92. The third-order valence-corrected chi connectivity index (χ3v) is 3.82. The van der Waals surface area contributed by atoms with Gasteiger partial charge < -0.3 is 10.6 Å². The molecule has 4 heteroatoms. The summed E-state index contributed by atoms with van der Waals surface area (Å²) in [6.45, 7) is 3.34. The van der Waals surface area contributed by atoms with E-state index < -0.39 is 0 Å². The van der Waals surface area contributed by atoms with E-state index in [0.29, 0.717) is 6.54 Å². The molecule has 0 heterocycles. The maximum absolute atomic E-state index is 11.7. The van der Waals surface area contributed by atoms with Crippen molar-refractivity contribution < 1.29 is 4.79 Å². The van der Waals surface area contributed by atoms with Gasteiger partial charge in [0.05, 0.1) is 6.54 Å². The van der Waals surface area contributed by atoms with Crippen molar-refractivity contribution in [2.75, 3.05) is 18.4 Å². The molecule has 1 amide bonds. The Kier molecular flexibility index (Phi) is 4.18. The second-order valence-electron chi connectivity index (χ2n) is 4.53. The van der Waals surface area contributed by atoms with Crippen LogP contribution in [0.2, 0.25) is 0 Å². The van der Waals surface area contributed by atoms with E-state index >= 15 is 0 Å². The molecule has 0 spiro atoms. The zero-order valence-corrected chi connectivity index (χ0v) is 11.5. The van der Waals surface area contributed by atoms with E-state index in [4.69, 9.17) is 0 Å². The minimum Gasteiger partial charge on any atom is -0.325 e. The molecule has 1 saturated carbocycles. The Morgan fingerprint density at radius 3 is 2.94 bits per heavy atom. The Morgan fingerprint density at radius 2 is 2.24 bits per heavy atom. The van der Waals surface area contributed by atoms with Gasteiger partial charge in [0.25, 0.3) is 0 Å². The van der Waals surface area contributed by atoms with E-state index in [2.05, 4.69) is 26.6 Å². The molecule has 2 rings (SSSR count). The molecular weight excluding hydrogens is 280 g/mol. The minimum atomic E-state index is 0.0202. The molecule has 0 aliphatic heterocycles. The van der Waals surface area contributed by atoms with Gasteiger partial charge in [-0.05, 0) is 49.9 Å². The molecule has 1 aromatic rings. The van der Waals surface area contributed by atoms with Crippen molar-refractivity contribution in [2.45, 2.75) is 19.8 Å². The van der Waals surface area contributed by atoms with Crippen LogP contribution in [0.25, 0.3) is 0 Å². The first kappa shape index (κ1) is 12.6. The highest BCUT2D eigenvalue weighted by Crippen LogP contribution is 2.27. The molecule has 3 nitrogen and oxygen atoms in total. The van der Waals surface area contributed by atoms with Gasteiger partial charge in [0.1, 0.15) is 0 Å². The van der Waals surface area contributed by atoms with Crippen molar-refractivity contribution in [1.29, 1.82) is 0 Å². The largest absolute Gasteiger partial charge is 0.325 e. The summed E-state index contributed by atoms with van der Waals surface area (Å²) in [4.78, 5) is 11.7. The molecule has 2 N–H and O–H groups in total. The van der Waals surface area contributed by atoms with Crippen molar-refractivity contribution in [1.82, 2.24) is 5.32 Å². The minimum absolute atomic E-state index is 0.0202. The van der Waals surface area contributed by atoms with E-state index in [-0.39, 0.29) is 5.91 Å². The van der Waals surface area contributed by atoms with Crippen LogP contribution < -0.4 is 10.6 Å². The van der Waals surface area contributed by atoms with Gasteiger partial charge in [0.2, 0.25) is 5.91 Å². The van der Waals surface area contributed by atoms with Crippen molar-refractivity contribution in [3.05, 3.63) is 28.2 Å². The number of halogens is 1. The normalized spacial score (nSPS) is 14.7. The third kappa shape index (κ3) is 3.82. The lowest BCUT2D eigenvalue weighted by molar-refractivity contribution is -0.115. The SMILES string of the molecule is Cc1c(Br)cccc1NC(=O)CNCC1CC1. The summed E-state index contributed by atoms with van der Waals surface area (Å²) in [6.07, 6.45) is 2.61. The van der Waals surface area contributed by atoms with E-state index in [9.17, 15) is 4.79 Å². The summed E-state index contributed by atoms with van der Waals surface area (Å²) in [5, 5.41) is 6.09. The average molecular weight is 297 g/mol. The van der Waals surface area contributed by atoms with Crippen LogP contribution in [0.5, 0.6) is 0 Å².